The molecular formula is C9H13BrClNO3S2. The molecule has 98 valence electrons. The van der Waals surface area contributed by atoms with Gasteiger partial charge in [-0.05, 0) is 27.9 Å². The van der Waals surface area contributed by atoms with Crippen LogP contribution in [0.4, 0.5) is 0 Å². The Labute approximate surface area is 118 Å². The number of methoxy groups -OCH3 is 1. The maximum Gasteiger partial charge on any atom is 0.250 e. The van der Waals surface area contributed by atoms with Gasteiger partial charge >= 0.3 is 0 Å². The van der Waals surface area contributed by atoms with Gasteiger partial charge in [-0.3, -0.25) is 0 Å². The summed E-state index contributed by atoms with van der Waals surface area (Å²) in [6, 6.07) is 1.43. The first kappa shape index (κ1) is 15.4. The normalized spacial score (nSPS) is 13.9. The summed E-state index contributed by atoms with van der Waals surface area (Å²) in [6.45, 7) is 2.75. The second-order valence-electron chi connectivity index (χ2n) is 3.60. The third-order valence-corrected chi connectivity index (χ3v) is 6.33. The van der Waals surface area contributed by atoms with Gasteiger partial charge in [-0.1, -0.05) is 18.5 Å². The minimum absolute atomic E-state index is 0.119. The minimum Gasteiger partial charge on any atom is -0.384 e. The van der Waals surface area contributed by atoms with Crippen LogP contribution in [0.5, 0.6) is 0 Å². The molecule has 0 aliphatic rings. The van der Waals surface area contributed by atoms with Gasteiger partial charge in [0.2, 0.25) is 10.0 Å². The Kier molecular flexibility index (Phi) is 5.88. The van der Waals surface area contributed by atoms with Crippen molar-refractivity contribution < 1.29 is 13.2 Å². The average molecular weight is 363 g/mol. The molecule has 1 heterocycles. The molecule has 1 aromatic rings. The molecule has 0 saturated heterocycles. The minimum atomic E-state index is -3.48. The summed E-state index contributed by atoms with van der Waals surface area (Å²) in [6.07, 6.45) is 0. The molecule has 0 fully saturated rings. The maximum atomic E-state index is 11.9. The van der Waals surface area contributed by atoms with E-state index in [1.54, 1.807) is 7.11 Å². The molecule has 0 aliphatic heterocycles. The fourth-order valence-corrected chi connectivity index (χ4v) is 4.73. The maximum absolute atomic E-state index is 11.9. The van der Waals surface area contributed by atoms with Crippen LogP contribution in [-0.4, -0.2) is 28.7 Å². The van der Waals surface area contributed by atoms with E-state index in [1.807, 2.05) is 6.92 Å². The third-order valence-electron chi connectivity index (χ3n) is 1.96. The van der Waals surface area contributed by atoms with Gasteiger partial charge in [-0.15, -0.1) is 11.3 Å². The molecule has 1 unspecified atom stereocenters. The summed E-state index contributed by atoms with van der Waals surface area (Å²) in [5.41, 5.74) is 0. The van der Waals surface area contributed by atoms with Crippen molar-refractivity contribution in [2.45, 2.75) is 11.1 Å². The molecule has 0 amide bonds. The monoisotopic (exact) mass is 361 g/mol. The van der Waals surface area contributed by atoms with E-state index >= 15 is 0 Å². The lowest BCUT2D eigenvalue weighted by Crippen LogP contribution is -2.29. The second-order valence-corrected chi connectivity index (χ2v) is 8.37. The van der Waals surface area contributed by atoms with Crippen LogP contribution in [0.3, 0.4) is 0 Å². The Balaban J connectivity index is 2.69. The summed E-state index contributed by atoms with van der Waals surface area (Å²) in [5.74, 6) is 0.119. The van der Waals surface area contributed by atoms with Crippen molar-refractivity contribution in [3.05, 3.63) is 14.9 Å². The zero-order valence-electron chi connectivity index (χ0n) is 9.37. The standard InChI is InChI=1S/C9H13BrClNO3S2/c1-6(5-15-2)4-12-17(13,14)8-3-7(11)9(10)16-8/h3,6,12H,4-5H2,1-2H3. The van der Waals surface area contributed by atoms with Gasteiger partial charge in [0, 0.05) is 20.3 Å². The van der Waals surface area contributed by atoms with Gasteiger partial charge in [-0.25, -0.2) is 13.1 Å². The second kappa shape index (κ2) is 6.49. The van der Waals surface area contributed by atoms with Crippen molar-refractivity contribution in [1.82, 2.24) is 4.72 Å². The van der Waals surface area contributed by atoms with Crippen LogP contribution in [0.2, 0.25) is 5.02 Å². The van der Waals surface area contributed by atoms with Gasteiger partial charge in [0.1, 0.15) is 4.21 Å². The first-order chi connectivity index (χ1) is 7.86. The summed E-state index contributed by atoms with van der Waals surface area (Å²) in [4.78, 5) is 0. The lowest BCUT2D eigenvalue weighted by atomic mass is 10.2. The van der Waals surface area contributed by atoms with Crippen LogP contribution < -0.4 is 4.72 Å². The van der Waals surface area contributed by atoms with E-state index < -0.39 is 10.0 Å². The molecule has 0 saturated carbocycles. The summed E-state index contributed by atoms with van der Waals surface area (Å²) >= 11 is 10.1. The molecule has 8 heteroatoms. The van der Waals surface area contributed by atoms with Crippen molar-refractivity contribution in [3.8, 4) is 0 Å². The quantitative estimate of drug-likeness (QED) is 0.846. The van der Waals surface area contributed by atoms with E-state index in [0.717, 1.165) is 11.3 Å². The molecule has 1 atom stereocenters. The molecule has 0 radical (unpaired) electrons. The Morgan fingerprint density at radius 3 is 2.76 bits per heavy atom. The molecular weight excluding hydrogens is 350 g/mol. The lowest BCUT2D eigenvalue weighted by Gasteiger charge is -2.10. The molecule has 0 bridgehead atoms. The number of sulfonamides is 1. The van der Waals surface area contributed by atoms with E-state index in [0.29, 0.717) is 22.0 Å². The molecule has 0 aliphatic carbocycles. The number of rotatable bonds is 6. The van der Waals surface area contributed by atoms with E-state index in [-0.39, 0.29) is 10.1 Å². The Morgan fingerprint density at radius 1 is 1.65 bits per heavy atom. The number of hydrogen-bond acceptors (Lipinski definition) is 4. The van der Waals surface area contributed by atoms with Crippen molar-refractivity contribution >= 4 is 48.9 Å². The molecule has 17 heavy (non-hydrogen) atoms. The van der Waals surface area contributed by atoms with Gasteiger partial charge < -0.3 is 4.74 Å². The first-order valence-corrected chi connectivity index (χ1v) is 8.27. The van der Waals surface area contributed by atoms with Gasteiger partial charge in [-0.2, -0.15) is 0 Å². The Hall–Kier alpha value is 0.340. The van der Waals surface area contributed by atoms with Crippen molar-refractivity contribution in [2.24, 2.45) is 5.92 Å². The van der Waals surface area contributed by atoms with E-state index in [2.05, 4.69) is 20.7 Å². The van der Waals surface area contributed by atoms with Crippen LogP contribution in [-0.2, 0) is 14.8 Å². The molecule has 0 aromatic carbocycles. The predicted octanol–water partition coefficient (Wildman–Crippen LogP) is 2.72. The molecule has 0 spiro atoms. The highest BCUT2D eigenvalue weighted by molar-refractivity contribution is 9.11. The highest BCUT2D eigenvalue weighted by atomic mass is 79.9. The summed E-state index contributed by atoms with van der Waals surface area (Å²) in [5, 5.41) is 0.403. The Morgan fingerprint density at radius 2 is 2.29 bits per heavy atom. The van der Waals surface area contributed by atoms with Crippen molar-refractivity contribution in [1.29, 1.82) is 0 Å². The largest absolute Gasteiger partial charge is 0.384 e. The fourth-order valence-electron chi connectivity index (χ4n) is 1.13. The van der Waals surface area contributed by atoms with Gasteiger partial charge in [0.05, 0.1) is 8.81 Å². The van der Waals surface area contributed by atoms with Crippen LogP contribution in [0.1, 0.15) is 6.92 Å². The Bertz CT molecular complexity index is 455. The molecule has 1 N–H and O–H groups in total. The first-order valence-electron chi connectivity index (χ1n) is 4.80. The smallest absolute Gasteiger partial charge is 0.250 e. The van der Waals surface area contributed by atoms with Gasteiger partial charge in [0.15, 0.2) is 0 Å². The lowest BCUT2D eigenvalue weighted by molar-refractivity contribution is 0.161. The van der Waals surface area contributed by atoms with E-state index in [9.17, 15) is 8.42 Å². The van der Waals surface area contributed by atoms with Crippen LogP contribution in [0, 0.1) is 5.92 Å². The molecule has 1 aromatic heterocycles. The molecule has 4 nitrogen and oxygen atoms in total. The van der Waals surface area contributed by atoms with Crippen LogP contribution in [0.25, 0.3) is 0 Å². The zero-order valence-corrected chi connectivity index (χ0v) is 13.3. The number of thiophene rings is 1. The van der Waals surface area contributed by atoms with Crippen molar-refractivity contribution in [2.75, 3.05) is 20.3 Å². The fraction of sp³-hybridized carbons (Fsp3) is 0.556. The summed E-state index contributed by atoms with van der Waals surface area (Å²) < 4.78 is 32.1. The SMILES string of the molecule is COCC(C)CNS(=O)(=O)c1cc(Cl)c(Br)s1. The predicted molar refractivity (Wildman–Crippen MR) is 73.3 cm³/mol. The van der Waals surface area contributed by atoms with E-state index in [4.69, 9.17) is 16.3 Å². The molecule has 1 rings (SSSR count). The number of halogens is 2. The van der Waals surface area contributed by atoms with Crippen LogP contribution in [0.15, 0.2) is 14.1 Å². The van der Waals surface area contributed by atoms with Crippen LogP contribution >= 0.6 is 38.9 Å². The number of hydrogen-bond donors (Lipinski definition) is 1. The van der Waals surface area contributed by atoms with Gasteiger partial charge in [0.25, 0.3) is 0 Å². The summed E-state index contributed by atoms with van der Waals surface area (Å²) in [7, 11) is -1.89. The zero-order chi connectivity index (χ0) is 13.1. The third kappa shape index (κ3) is 4.50. The highest BCUT2D eigenvalue weighted by Crippen LogP contribution is 2.34. The van der Waals surface area contributed by atoms with Crippen molar-refractivity contribution in [3.63, 3.8) is 0 Å². The van der Waals surface area contributed by atoms with E-state index in [1.165, 1.54) is 6.07 Å². The number of nitrogens with one attached hydrogen (secondary N) is 1. The topological polar surface area (TPSA) is 55.4 Å². The average Bonchev–Trinajstić information content (AvgIpc) is 2.58. The highest BCUT2D eigenvalue weighted by Gasteiger charge is 2.19. The number of ether oxygens (including phenoxy) is 1.